The fourth-order valence-corrected chi connectivity index (χ4v) is 9.80. The molecule has 5 aliphatic rings. The van der Waals surface area contributed by atoms with E-state index in [9.17, 15) is 19.8 Å². The van der Waals surface area contributed by atoms with Crippen molar-refractivity contribution in [2.45, 2.75) is 82.9 Å². The molecule has 10 heteroatoms. The third-order valence-electron chi connectivity index (χ3n) is 12.1. The van der Waals surface area contributed by atoms with E-state index in [2.05, 4.69) is 5.32 Å². The topological polar surface area (TPSA) is 114 Å². The van der Waals surface area contributed by atoms with Gasteiger partial charge < -0.3 is 29.7 Å². The van der Waals surface area contributed by atoms with Crippen LogP contribution in [0.25, 0.3) is 0 Å². The first-order valence-corrected chi connectivity index (χ1v) is 16.2. The number of fused-ring (bicyclic) bond motifs is 7. The van der Waals surface area contributed by atoms with Crippen molar-refractivity contribution in [3.8, 4) is 5.75 Å². The van der Waals surface area contributed by atoms with Gasteiger partial charge in [-0.05, 0) is 79.5 Å². The van der Waals surface area contributed by atoms with E-state index in [4.69, 9.17) is 14.2 Å². The number of methoxy groups -OCH3 is 1. The molecular weight excluding hydrogens is 620 g/mol. The number of carbonyl (C=O) groups excluding carboxylic acids is 2. The number of rotatable bonds is 7. The summed E-state index contributed by atoms with van der Waals surface area (Å²) in [5.74, 6) is -1.87. The minimum atomic E-state index is -2.29. The number of anilines is 1. The van der Waals surface area contributed by atoms with Crippen LogP contribution < -0.4 is 10.1 Å². The molecule has 3 N–H and O–H groups in total. The Bertz CT molecular complexity index is 1680. The van der Waals surface area contributed by atoms with E-state index < -0.39 is 76.8 Å². The number of hydrogen-bond acceptors (Lipinski definition) is 8. The van der Waals surface area contributed by atoms with Gasteiger partial charge in [0, 0.05) is 29.4 Å². The van der Waals surface area contributed by atoms with Crippen molar-refractivity contribution >= 4 is 17.3 Å². The van der Waals surface area contributed by atoms with Gasteiger partial charge in [-0.1, -0.05) is 50.8 Å². The van der Waals surface area contributed by atoms with Gasteiger partial charge in [0.2, 0.25) is 0 Å². The molecule has 1 aliphatic heterocycles. The third-order valence-corrected chi connectivity index (χ3v) is 12.1. The van der Waals surface area contributed by atoms with Gasteiger partial charge in [-0.3, -0.25) is 9.59 Å². The monoisotopic (exact) mass is 665 g/mol. The predicted octanol–water partition coefficient (Wildman–Crippen LogP) is 5.61. The Balaban J connectivity index is 0.00000401. The van der Waals surface area contributed by atoms with Gasteiger partial charge in [-0.2, -0.15) is 0 Å². The first-order valence-electron chi connectivity index (χ1n) is 16.2. The first-order chi connectivity index (χ1) is 22.4. The van der Waals surface area contributed by atoms with Gasteiger partial charge in [-0.25, -0.2) is 8.78 Å². The number of alkyl halides is 2. The first kappa shape index (κ1) is 34.4. The second-order valence-corrected chi connectivity index (χ2v) is 14.2. The number of hydrogen-bond donors (Lipinski definition) is 3. The summed E-state index contributed by atoms with van der Waals surface area (Å²) in [5.41, 5.74) is -2.98. The number of aliphatic hydroxyl groups excluding tert-OH is 2. The van der Waals surface area contributed by atoms with E-state index >= 15 is 8.78 Å². The number of benzene rings is 2. The molecule has 4 aliphatic carbocycles. The summed E-state index contributed by atoms with van der Waals surface area (Å²) in [5, 5.41) is 25.0. The largest absolute Gasteiger partial charge is 0.495 e. The highest BCUT2D eigenvalue weighted by Gasteiger charge is 2.80. The zero-order valence-corrected chi connectivity index (χ0v) is 27.0. The summed E-state index contributed by atoms with van der Waals surface area (Å²) in [7, 11) is 3.46. The molecule has 258 valence electrons. The fourth-order valence-electron chi connectivity index (χ4n) is 9.80. The molecule has 2 aromatic rings. The molecule has 0 unspecified atom stereocenters. The number of Topliss-reactive ketones (excluding diaryl/α,β-unsaturated/α-hetero) is 1. The summed E-state index contributed by atoms with van der Waals surface area (Å²) in [6.45, 7) is 2.49. The van der Waals surface area contributed by atoms with Crippen LogP contribution >= 0.6 is 0 Å². The maximum absolute atomic E-state index is 17.6. The Hall–Kier alpha value is -3.44. The van der Waals surface area contributed by atoms with E-state index in [-0.39, 0.29) is 32.3 Å². The zero-order valence-electron chi connectivity index (χ0n) is 27.0. The molecule has 1 heterocycles. The number of carbonyl (C=O) groups is 2. The number of ether oxygens (including phenoxy) is 3. The molecule has 0 aromatic heterocycles. The molecule has 1 saturated heterocycles. The van der Waals surface area contributed by atoms with E-state index in [0.717, 1.165) is 28.6 Å². The van der Waals surface area contributed by atoms with Crippen molar-refractivity contribution in [3.63, 3.8) is 0 Å². The SMILES string of the molecule is C.CNc1ccc(Cc2ccc([C@H]3O[C@@H]4C[C@H]5[C@@H]6C[C@H](F)C7=CC(=O)C=C[C@]7(C)[C@@]6(F)[C@@H](O)C[C@]5(C)[C@]4(C(=O)CO)O3)cc2)cc1OC. The second kappa shape index (κ2) is 11.9. The lowest BCUT2D eigenvalue weighted by atomic mass is 9.44. The average molecular weight is 666 g/mol. The Morgan fingerprint density at radius 3 is 2.48 bits per heavy atom. The number of halogens is 2. The van der Waals surface area contributed by atoms with Crippen LogP contribution in [0.1, 0.15) is 63.5 Å². The summed E-state index contributed by atoms with van der Waals surface area (Å²) in [4.78, 5) is 25.9. The lowest BCUT2D eigenvalue weighted by Gasteiger charge is -2.63. The normalized spacial score (nSPS) is 39.3. The lowest BCUT2D eigenvalue weighted by Crippen LogP contribution is -2.70. The van der Waals surface area contributed by atoms with E-state index in [1.807, 2.05) is 49.5 Å². The van der Waals surface area contributed by atoms with E-state index in [1.54, 1.807) is 14.0 Å². The van der Waals surface area contributed by atoms with E-state index in [0.29, 0.717) is 12.0 Å². The van der Waals surface area contributed by atoms with Crippen LogP contribution in [0.2, 0.25) is 0 Å². The lowest BCUT2D eigenvalue weighted by molar-refractivity contribution is -0.235. The molecule has 10 atom stereocenters. The van der Waals surface area contributed by atoms with Crippen molar-refractivity contribution in [1.82, 2.24) is 0 Å². The highest BCUT2D eigenvalue weighted by atomic mass is 19.1. The standard InChI is InChI=1S/C37H41F2NO7.CH4/c1-34-12-11-23(42)15-26(34)27(38)16-25-24-17-32-37(31(44)19-41,35(24,2)18-30(43)36(25,34)39)47-33(46-32)22-8-5-20(6-9-22)13-21-7-10-28(40-3)29(14-21)45-4;/h5-12,14-15,24-25,27,30,32-33,40-41,43H,13,16-19H2,1-4H3;1H4/t24-,25-,27-,30-,32+,33-,34-,35-,36-,37+;/m0./s1. The third kappa shape index (κ3) is 4.52. The van der Waals surface area contributed by atoms with Crippen LogP contribution in [0.4, 0.5) is 14.5 Å². The van der Waals surface area contributed by atoms with Crippen LogP contribution in [0, 0.1) is 22.7 Å². The minimum Gasteiger partial charge on any atom is -0.495 e. The quantitative estimate of drug-likeness (QED) is 0.350. The van der Waals surface area contributed by atoms with Crippen molar-refractivity contribution < 1.29 is 42.8 Å². The van der Waals surface area contributed by atoms with Crippen molar-refractivity contribution in [1.29, 1.82) is 0 Å². The Morgan fingerprint density at radius 1 is 1.10 bits per heavy atom. The van der Waals surface area contributed by atoms with Crippen molar-refractivity contribution in [2.24, 2.45) is 22.7 Å². The molecule has 0 amide bonds. The van der Waals surface area contributed by atoms with Gasteiger partial charge in [0.1, 0.15) is 18.5 Å². The smallest absolute Gasteiger partial charge is 0.193 e. The fraction of sp³-hybridized carbons (Fsp3) is 0.526. The molecule has 3 saturated carbocycles. The molecule has 0 radical (unpaired) electrons. The number of allylic oxidation sites excluding steroid dienone is 4. The molecule has 48 heavy (non-hydrogen) atoms. The number of aliphatic hydroxyl groups is 2. The summed E-state index contributed by atoms with van der Waals surface area (Å²) in [6.07, 6.45) is -0.779. The van der Waals surface area contributed by atoms with Gasteiger partial charge in [0.25, 0.3) is 0 Å². The predicted molar refractivity (Wildman–Crippen MR) is 176 cm³/mol. The van der Waals surface area contributed by atoms with Crippen LogP contribution in [0.15, 0.2) is 66.3 Å². The number of nitrogens with one attached hydrogen (secondary N) is 1. The maximum Gasteiger partial charge on any atom is 0.193 e. The van der Waals surface area contributed by atoms with E-state index in [1.165, 1.54) is 19.1 Å². The summed E-state index contributed by atoms with van der Waals surface area (Å²) < 4.78 is 51.9. The maximum atomic E-state index is 17.6. The minimum absolute atomic E-state index is 0. The van der Waals surface area contributed by atoms with Crippen LogP contribution in [0.3, 0.4) is 0 Å². The molecular formula is C38H45F2NO7. The Kier molecular flexibility index (Phi) is 8.51. The van der Waals surface area contributed by atoms with Gasteiger partial charge in [0.05, 0.1) is 25.0 Å². The van der Waals surface area contributed by atoms with Gasteiger partial charge in [0.15, 0.2) is 29.1 Å². The molecule has 0 bridgehead atoms. The van der Waals surface area contributed by atoms with Crippen molar-refractivity contribution in [2.75, 3.05) is 26.1 Å². The van der Waals surface area contributed by atoms with Crippen LogP contribution in [-0.4, -0.2) is 72.2 Å². The van der Waals surface area contributed by atoms with Crippen molar-refractivity contribution in [3.05, 3.63) is 83.0 Å². The zero-order chi connectivity index (χ0) is 33.5. The van der Waals surface area contributed by atoms with Crippen LogP contribution in [0.5, 0.6) is 5.75 Å². The van der Waals surface area contributed by atoms with Crippen LogP contribution in [-0.2, 0) is 25.5 Å². The summed E-state index contributed by atoms with van der Waals surface area (Å²) >= 11 is 0. The Labute approximate surface area is 280 Å². The summed E-state index contributed by atoms with van der Waals surface area (Å²) in [6, 6.07) is 13.6. The van der Waals surface area contributed by atoms with Gasteiger partial charge >= 0.3 is 0 Å². The highest BCUT2D eigenvalue weighted by Crippen LogP contribution is 2.72. The molecule has 2 aromatic carbocycles. The highest BCUT2D eigenvalue weighted by molar-refractivity contribution is 6.01. The number of ketones is 2. The molecule has 0 spiro atoms. The Morgan fingerprint density at radius 2 is 1.81 bits per heavy atom. The molecule has 4 fully saturated rings. The molecule has 7 rings (SSSR count). The second-order valence-electron chi connectivity index (χ2n) is 14.2. The molecule has 8 nitrogen and oxygen atoms in total. The average Bonchev–Trinajstić information content (AvgIpc) is 3.56. The van der Waals surface area contributed by atoms with Gasteiger partial charge in [-0.15, -0.1) is 0 Å².